The van der Waals surface area contributed by atoms with Crippen LogP contribution in [0, 0.1) is 0 Å². The van der Waals surface area contributed by atoms with Crippen LogP contribution in [0.5, 0.6) is 0 Å². The first kappa shape index (κ1) is 52.6. The molecule has 0 saturated heterocycles. The normalized spacial score (nSPS) is 13.9. The van der Waals surface area contributed by atoms with Gasteiger partial charge in [0.05, 0.1) is 25.2 Å². The van der Waals surface area contributed by atoms with E-state index in [9.17, 15) is 19.8 Å². The zero-order valence-corrected chi connectivity index (χ0v) is 36.0. The van der Waals surface area contributed by atoms with Crippen molar-refractivity contribution < 1.29 is 24.5 Å². The summed E-state index contributed by atoms with van der Waals surface area (Å²) in [6, 6.07) is -0.715. The van der Waals surface area contributed by atoms with Crippen LogP contribution >= 0.6 is 0 Å². The van der Waals surface area contributed by atoms with Crippen molar-refractivity contribution in [2.45, 2.75) is 232 Å². The largest absolute Gasteiger partial charge is 0.462 e. The molecule has 1 amide bonds. The van der Waals surface area contributed by atoms with Gasteiger partial charge < -0.3 is 20.3 Å². The zero-order valence-electron chi connectivity index (χ0n) is 36.0. The molecule has 3 N–H and O–H groups in total. The maximum atomic E-state index is 13.1. The molecule has 0 aromatic heterocycles. The van der Waals surface area contributed by atoms with E-state index in [0.29, 0.717) is 25.7 Å². The smallest absolute Gasteiger partial charge is 0.306 e. The van der Waals surface area contributed by atoms with Gasteiger partial charge in [-0.15, -0.1) is 0 Å². The summed E-state index contributed by atoms with van der Waals surface area (Å²) >= 11 is 0. The molecule has 0 bridgehead atoms. The maximum Gasteiger partial charge on any atom is 0.306 e. The number of carbonyl (C=O) groups is 2. The molecule has 0 aliphatic heterocycles. The Labute approximate surface area is 339 Å². The Morgan fingerprint density at radius 2 is 0.945 bits per heavy atom. The number of unbranched alkanes of at least 4 members (excludes halogenated alkanes) is 18. The Balaban J connectivity index is 4.63. The van der Waals surface area contributed by atoms with Gasteiger partial charge in [-0.25, -0.2) is 0 Å². The number of hydrogen-bond acceptors (Lipinski definition) is 5. The van der Waals surface area contributed by atoms with Crippen molar-refractivity contribution in [2.24, 2.45) is 0 Å². The van der Waals surface area contributed by atoms with Gasteiger partial charge in [0.25, 0.3) is 0 Å². The number of aliphatic hydroxyl groups excluding tert-OH is 2. The SMILES string of the molecule is CCCC/C=C\CCCCCC(CC(=O)NC(CO)C(O)CCCCCCCCCCCC)OC(=O)CCC/C=C\C/C=C\C/C=C\C/C=C\CCCCC. The Morgan fingerprint density at radius 1 is 0.527 bits per heavy atom. The molecule has 0 rings (SSSR count). The van der Waals surface area contributed by atoms with E-state index in [4.69, 9.17) is 4.74 Å². The Hall–Kier alpha value is -2.44. The second-order valence-corrected chi connectivity index (χ2v) is 15.4. The number of rotatable bonds is 40. The fraction of sp³-hybridized carbons (Fsp3) is 0.755. The van der Waals surface area contributed by atoms with Gasteiger partial charge in [0.15, 0.2) is 0 Å². The first-order valence-corrected chi connectivity index (χ1v) is 23.0. The van der Waals surface area contributed by atoms with Gasteiger partial charge >= 0.3 is 5.97 Å². The van der Waals surface area contributed by atoms with Gasteiger partial charge in [-0.05, 0) is 83.5 Å². The maximum absolute atomic E-state index is 13.1. The number of carbonyl (C=O) groups excluding carboxylic acids is 2. The summed E-state index contributed by atoms with van der Waals surface area (Å²) in [6.45, 7) is 6.36. The number of amides is 1. The van der Waals surface area contributed by atoms with Crippen molar-refractivity contribution in [1.29, 1.82) is 0 Å². The standard InChI is InChI=1S/C49H87NO5/c1-4-7-10-13-16-19-21-22-23-24-25-26-27-30-33-36-39-42-49(54)55-45(40-37-34-31-28-18-15-12-9-6-3)43-48(53)50-46(44-51)47(52)41-38-35-32-29-20-17-14-11-8-5-2/h15-16,18-19,22-23,25-26,30,33,45-47,51-52H,4-14,17,20-21,24,27-29,31-32,34-44H2,1-3H3,(H,50,53)/b18-15-,19-16-,23-22-,26-25-,33-30-. The topological polar surface area (TPSA) is 95.9 Å². The number of esters is 1. The van der Waals surface area contributed by atoms with Crippen molar-refractivity contribution in [2.75, 3.05) is 6.61 Å². The first-order chi connectivity index (χ1) is 27.0. The van der Waals surface area contributed by atoms with E-state index in [1.807, 2.05) is 0 Å². The van der Waals surface area contributed by atoms with E-state index in [1.54, 1.807) is 0 Å². The molecule has 3 atom stereocenters. The molecule has 0 radical (unpaired) electrons. The molecule has 55 heavy (non-hydrogen) atoms. The van der Waals surface area contributed by atoms with Crippen LogP contribution in [0.15, 0.2) is 60.8 Å². The number of nitrogens with one attached hydrogen (secondary N) is 1. The van der Waals surface area contributed by atoms with E-state index < -0.39 is 18.2 Å². The molecule has 3 unspecified atom stereocenters. The number of hydrogen-bond donors (Lipinski definition) is 3. The molecule has 0 aromatic carbocycles. The lowest BCUT2D eigenvalue weighted by atomic mass is 10.0. The highest BCUT2D eigenvalue weighted by molar-refractivity contribution is 5.77. The molecule has 0 heterocycles. The van der Waals surface area contributed by atoms with Crippen molar-refractivity contribution in [1.82, 2.24) is 5.32 Å². The number of aliphatic hydroxyl groups is 2. The predicted octanol–water partition coefficient (Wildman–Crippen LogP) is 13.3. The number of allylic oxidation sites excluding steroid dienone is 10. The molecule has 0 fully saturated rings. The van der Waals surface area contributed by atoms with Crippen molar-refractivity contribution in [3.05, 3.63) is 60.8 Å². The summed E-state index contributed by atoms with van der Waals surface area (Å²) < 4.78 is 5.85. The minimum absolute atomic E-state index is 0.0430. The van der Waals surface area contributed by atoms with Gasteiger partial charge in [0.2, 0.25) is 5.91 Å². The summed E-state index contributed by atoms with van der Waals surface area (Å²) in [5, 5.41) is 23.6. The van der Waals surface area contributed by atoms with Gasteiger partial charge in [-0.1, -0.05) is 178 Å². The minimum atomic E-state index is -0.799. The van der Waals surface area contributed by atoms with Crippen molar-refractivity contribution >= 4 is 11.9 Å². The lowest BCUT2D eigenvalue weighted by Gasteiger charge is -2.24. The van der Waals surface area contributed by atoms with E-state index in [-0.39, 0.29) is 24.9 Å². The summed E-state index contributed by atoms with van der Waals surface area (Å²) in [5.74, 6) is -0.564. The molecule has 318 valence electrons. The lowest BCUT2D eigenvalue weighted by Crippen LogP contribution is -2.46. The minimum Gasteiger partial charge on any atom is -0.462 e. The summed E-state index contributed by atoms with van der Waals surface area (Å²) in [5.41, 5.74) is 0. The van der Waals surface area contributed by atoms with E-state index in [2.05, 4.69) is 86.8 Å². The average Bonchev–Trinajstić information content (AvgIpc) is 3.18. The molecule has 0 aromatic rings. The Kier molecular flexibility index (Phi) is 40.8. The van der Waals surface area contributed by atoms with Gasteiger partial charge in [-0.3, -0.25) is 9.59 Å². The summed E-state index contributed by atoms with van der Waals surface area (Å²) in [4.78, 5) is 25.9. The second kappa shape index (κ2) is 42.7. The fourth-order valence-corrected chi connectivity index (χ4v) is 6.52. The molecule has 0 saturated carbocycles. The van der Waals surface area contributed by atoms with Crippen LogP contribution in [-0.2, 0) is 14.3 Å². The van der Waals surface area contributed by atoms with E-state index in [1.165, 1.54) is 83.5 Å². The lowest BCUT2D eigenvalue weighted by molar-refractivity contribution is -0.151. The molecule has 6 nitrogen and oxygen atoms in total. The van der Waals surface area contributed by atoms with Crippen LogP contribution in [0.25, 0.3) is 0 Å². The van der Waals surface area contributed by atoms with E-state index in [0.717, 1.165) is 77.0 Å². The third-order valence-corrected chi connectivity index (χ3v) is 10.1. The quantitative estimate of drug-likeness (QED) is 0.0328. The van der Waals surface area contributed by atoms with Crippen LogP contribution in [0.4, 0.5) is 0 Å². The molecular weight excluding hydrogens is 683 g/mol. The van der Waals surface area contributed by atoms with Crippen molar-refractivity contribution in [3.63, 3.8) is 0 Å². The molecule has 0 spiro atoms. The molecule has 0 aliphatic rings. The zero-order chi connectivity index (χ0) is 40.3. The van der Waals surface area contributed by atoms with Gasteiger partial charge in [0, 0.05) is 6.42 Å². The Morgan fingerprint density at radius 3 is 1.51 bits per heavy atom. The second-order valence-electron chi connectivity index (χ2n) is 15.4. The van der Waals surface area contributed by atoms with Gasteiger partial charge in [-0.2, -0.15) is 0 Å². The Bertz CT molecular complexity index is 999. The summed E-state index contributed by atoms with van der Waals surface area (Å²) in [6.07, 6.45) is 51.4. The average molecular weight is 770 g/mol. The van der Waals surface area contributed by atoms with Crippen LogP contribution in [0.3, 0.4) is 0 Å². The first-order valence-electron chi connectivity index (χ1n) is 23.0. The summed E-state index contributed by atoms with van der Waals surface area (Å²) in [7, 11) is 0. The van der Waals surface area contributed by atoms with Crippen LogP contribution in [-0.4, -0.2) is 46.9 Å². The third-order valence-electron chi connectivity index (χ3n) is 10.1. The fourth-order valence-electron chi connectivity index (χ4n) is 6.52. The van der Waals surface area contributed by atoms with Crippen LogP contribution in [0.2, 0.25) is 0 Å². The number of ether oxygens (including phenoxy) is 1. The highest BCUT2D eigenvalue weighted by atomic mass is 16.5. The molecular formula is C49H87NO5. The van der Waals surface area contributed by atoms with Gasteiger partial charge in [0.1, 0.15) is 6.10 Å². The monoisotopic (exact) mass is 770 g/mol. The van der Waals surface area contributed by atoms with E-state index >= 15 is 0 Å². The van der Waals surface area contributed by atoms with Crippen LogP contribution < -0.4 is 5.32 Å². The molecule has 0 aliphatic carbocycles. The highest BCUT2D eigenvalue weighted by Crippen LogP contribution is 2.16. The molecule has 6 heteroatoms. The van der Waals surface area contributed by atoms with Crippen molar-refractivity contribution in [3.8, 4) is 0 Å². The predicted molar refractivity (Wildman–Crippen MR) is 236 cm³/mol. The van der Waals surface area contributed by atoms with Crippen LogP contribution in [0.1, 0.15) is 213 Å². The highest BCUT2D eigenvalue weighted by Gasteiger charge is 2.24. The third kappa shape index (κ3) is 38.2.